The van der Waals surface area contributed by atoms with Gasteiger partial charge in [-0.2, -0.15) is 5.10 Å². The highest BCUT2D eigenvalue weighted by Crippen LogP contribution is 2.35. The Morgan fingerprint density at radius 1 is 1.40 bits per heavy atom. The first-order valence-electron chi connectivity index (χ1n) is 6.77. The van der Waals surface area contributed by atoms with Crippen molar-refractivity contribution in [1.29, 1.82) is 0 Å². The third-order valence-electron chi connectivity index (χ3n) is 3.36. The van der Waals surface area contributed by atoms with Crippen molar-refractivity contribution in [2.75, 3.05) is 27.9 Å². The maximum Gasteiger partial charge on any atom is 0.0835 e. The lowest BCUT2D eigenvalue weighted by Gasteiger charge is -2.36. The Bertz CT molecular complexity index is 415. The van der Waals surface area contributed by atoms with Gasteiger partial charge in [-0.05, 0) is 12.5 Å². The Kier molecular flexibility index (Phi) is 6.45. The van der Waals surface area contributed by atoms with E-state index >= 15 is 0 Å². The van der Waals surface area contributed by atoms with E-state index in [1.54, 1.807) is 20.4 Å². The third-order valence-corrected chi connectivity index (χ3v) is 3.65. The van der Waals surface area contributed by atoms with Gasteiger partial charge in [-0.25, -0.2) is 0 Å². The smallest absolute Gasteiger partial charge is 0.0835 e. The number of hydrogen-bond donors (Lipinski definition) is 1. The summed E-state index contributed by atoms with van der Waals surface area (Å²) in [6.45, 7) is 7.70. The fourth-order valence-corrected chi connectivity index (χ4v) is 2.72. The minimum atomic E-state index is -0.0353. The van der Waals surface area contributed by atoms with Gasteiger partial charge in [0.25, 0.3) is 0 Å². The Hall–Kier alpha value is -0.620. The molecule has 0 aliphatic carbocycles. The van der Waals surface area contributed by atoms with Gasteiger partial charge in [0.1, 0.15) is 0 Å². The number of rotatable bonds is 7. The number of nitrogens with zero attached hydrogens (tertiary/aromatic N) is 2. The Morgan fingerprint density at radius 2 is 2.05 bits per heavy atom. The number of methoxy groups -OCH3 is 2. The van der Waals surface area contributed by atoms with E-state index in [-0.39, 0.29) is 17.6 Å². The molecule has 1 heterocycles. The lowest BCUT2D eigenvalue weighted by atomic mass is 9.83. The molecule has 2 atom stereocenters. The van der Waals surface area contributed by atoms with Crippen molar-refractivity contribution in [2.24, 2.45) is 5.41 Å². The Morgan fingerprint density at radius 3 is 2.50 bits per heavy atom. The van der Waals surface area contributed by atoms with Crippen LogP contribution in [0.25, 0.3) is 0 Å². The van der Waals surface area contributed by atoms with Gasteiger partial charge in [-0.15, -0.1) is 0 Å². The average Bonchev–Trinajstić information content (AvgIpc) is 2.73. The maximum absolute atomic E-state index is 6.33. The molecule has 0 spiro atoms. The summed E-state index contributed by atoms with van der Waals surface area (Å²) in [6.07, 6.45) is 1.65. The molecule has 5 nitrogen and oxygen atoms in total. The molecule has 20 heavy (non-hydrogen) atoms. The van der Waals surface area contributed by atoms with Crippen molar-refractivity contribution in [1.82, 2.24) is 15.1 Å². The second kappa shape index (κ2) is 7.41. The van der Waals surface area contributed by atoms with Gasteiger partial charge in [-0.3, -0.25) is 4.68 Å². The van der Waals surface area contributed by atoms with Crippen LogP contribution in [0.3, 0.4) is 0 Å². The summed E-state index contributed by atoms with van der Waals surface area (Å²) >= 11 is 6.33. The van der Waals surface area contributed by atoms with Crippen molar-refractivity contribution in [2.45, 2.75) is 39.5 Å². The Balaban J connectivity index is 3.14. The summed E-state index contributed by atoms with van der Waals surface area (Å²) in [6, 6.07) is -0.0353. The quantitative estimate of drug-likeness (QED) is 0.841. The summed E-state index contributed by atoms with van der Waals surface area (Å²) in [7, 11) is 5.31. The zero-order valence-corrected chi connectivity index (χ0v) is 14.0. The topological polar surface area (TPSA) is 48.3 Å². The summed E-state index contributed by atoms with van der Waals surface area (Å²) < 4.78 is 12.7. The van der Waals surface area contributed by atoms with E-state index < -0.39 is 0 Å². The number of ether oxygens (including phenoxy) is 2. The van der Waals surface area contributed by atoms with Crippen LogP contribution in [-0.4, -0.2) is 43.8 Å². The van der Waals surface area contributed by atoms with Crippen molar-refractivity contribution in [3.63, 3.8) is 0 Å². The predicted molar refractivity (Wildman–Crippen MR) is 81.2 cm³/mol. The van der Waals surface area contributed by atoms with Crippen LogP contribution in [0, 0.1) is 5.41 Å². The van der Waals surface area contributed by atoms with Crippen LogP contribution in [0.15, 0.2) is 6.20 Å². The molecule has 1 aromatic rings. The minimum Gasteiger partial charge on any atom is -0.383 e. The second-order valence-electron chi connectivity index (χ2n) is 5.88. The second-order valence-corrected chi connectivity index (χ2v) is 6.29. The van der Waals surface area contributed by atoms with E-state index in [0.29, 0.717) is 18.2 Å². The van der Waals surface area contributed by atoms with Crippen LogP contribution in [0.4, 0.5) is 0 Å². The van der Waals surface area contributed by atoms with E-state index in [9.17, 15) is 0 Å². The number of halogens is 1. The molecule has 0 bridgehead atoms. The fourth-order valence-electron chi connectivity index (χ4n) is 2.46. The molecule has 1 aromatic heterocycles. The number of likely N-dealkylation sites (N-methyl/N-ethyl adjacent to an activating group) is 1. The average molecular weight is 304 g/mol. The fraction of sp³-hybridized carbons (Fsp3) is 0.786. The maximum atomic E-state index is 6.33. The summed E-state index contributed by atoms with van der Waals surface area (Å²) in [5, 5.41) is 8.28. The first-order valence-corrected chi connectivity index (χ1v) is 7.14. The van der Waals surface area contributed by atoms with Gasteiger partial charge in [0.2, 0.25) is 0 Å². The number of aromatic nitrogens is 2. The van der Waals surface area contributed by atoms with Crippen LogP contribution in [0.5, 0.6) is 0 Å². The van der Waals surface area contributed by atoms with E-state index in [0.717, 1.165) is 5.69 Å². The SMILES string of the molecule is CNC(c1c(Cl)cnn1CCOC)C(OC)C(C)(C)C. The van der Waals surface area contributed by atoms with Crippen molar-refractivity contribution in [3.8, 4) is 0 Å². The molecule has 0 aromatic carbocycles. The van der Waals surface area contributed by atoms with Gasteiger partial charge in [0.15, 0.2) is 0 Å². The largest absolute Gasteiger partial charge is 0.383 e. The molecule has 116 valence electrons. The molecular formula is C14H26ClN3O2. The van der Waals surface area contributed by atoms with Crippen molar-refractivity contribution >= 4 is 11.6 Å². The van der Waals surface area contributed by atoms with Crippen molar-refractivity contribution in [3.05, 3.63) is 16.9 Å². The third kappa shape index (κ3) is 3.95. The molecule has 0 saturated heterocycles. The number of hydrogen-bond acceptors (Lipinski definition) is 4. The summed E-state index contributed by atoms with van der Waals surface area (Å²) in [5.74, 6) is 0. The highest BCUT2D eigenvalue weighted by atomic mass is 35.5. The van der Waals surface area contributed by atoms with E-state index in [2.05, 4.69) is 31.2 Å². The zero-order valence-electron chi connectivity index (χ0n) is 13.2. The molecule has 0 aliphatic heterocycles. The van der Waals surface area contributed by atoms with Gasteiger partial charge >= 0.3 is 0 Å². The van der Waals surface area contributed by atoms with Crippen LogP contribution < -0.4 is 5.32 Å². The normalized spacial score (nSPS) is 15.3. The standard InChI is InChI=1S/C14H26ClN3O2/c1-14(2,3)13(20-6)11(16-4)12-10(15)9-17-18(12)7-8-19-5/h9,11,13,16H,7-8H2,1-6H3. The summed E-state index contributed by atoms with van der Waals surface area (Å²) in [5.41, 5.74) is 0.912. The van der Waals surface area contributed by atoms with Crippen molar-refractivity contribution < 1.29 is 9.47 Å². The van der Waals surface area contributed by atoms with Crippen LogP contribution in [0.1, 0.15) is 32.5 Å². The molecule has 0 radical (unpaired) electrons. The van der Waals surface area contributed by atoms with E-state index in [1.165, 1.54) is 0 Å². The lowest BCUT2D eigenvalue weighted by molar-refractivity contribution is -0.0124. The molecule has 0 fully saturated rings. The molecule has 6 heteroatoms. The van der Waals surface area contributed by atoms with E-state index in [1.807, 2.05) is 11.7 Å². The first-order chi connectivity index (χ1) is 9.36. The zero-order chi connectivity index (χ0) is 15.3. The van der Waals surface area contributed by atoms with Crippen LogP contribution in [-0.2, 0) is 16.0 Å². The monoisotopic (exact) mass is 303 g/mol. The molecule has 0 saturated carbocycles. The van der Waals surface area contributed by atoms with Gasteiger partial charge in [0, 0.05) is 14.2 Å². The lowest BCUT2D eigenvalue weighted by Crippen LogP contribution is -2.41. The van der Waals surface area contributed by atoms with Crippen LogP contribution >= 0.6 is 11.6 Å². The van der Waals surface area contributed by atoms with Gasteiger partial charge in [0.05, 0.1) is 42.2 Å². The van der Waals surface area contributed by atoms with Crippen LogP contribution in [0.2, 0.25) is 5.02 Å². The molecular weight excluding hydrogens is 278 g/mol. The first kappa shape index (κ1) is 17.4. The predicted octanol–water partition coefficient (Wildman–Crippen LogP) is 2.50. The molecule has 0 amide bonds. The highest BCUT2D eigenvalue weighted by molar-refractivity contribution is 6.31. The molecule has 2 unspecified atom stereocenters. The summed E-state index contributed by atoms with van der Waals surface area (Å²) in [4.78, 5) is 0. The van der Waals surface area contributed by atoms with E-state index in [4.69, 9.17) is 21.1 Å². The van der Waals surface area contributed by atoms with Gasteiger partial charge < -0.3 is 14.8 Å². The number of nitrogens with one attached hydrogen (secondary N) is 1. The molecule has 1 rings (SSSR count). The van der Waals surface area contributed by atoms with Gasteiger partial charge in [-0.1, -0.05) is 32.4 Å². The Labute approximate surface area is 126 Å². The molecule has 1 N–H and O–H groups in total. The minimum absolute atomic E-state index is 0.0250. The highest BCUT2D eigenvalue weighted by Gasteiger charge is 2.35. The molecule has 0 aliphatic rings.